The van der Waals surface area contributed by atoms with E-state index in [2.05, 4.69) is 23.9 Å². The molecule has 0 aromatic carbocycles. The second-order valence-electron chi connectivity index (χ2n) is 5.63. The number of hydrogen-bond donors (Lipinski definition) is 1. The summed E-state index contributed by atoms with van der Waals surface area (Å²) in [7, 11) is 0. The van der Waals surface area contributed by atoms with Gasteiger partial charge in [0.2, 0.25) is 0 Å². The van der Waals surface area contributed by atoms with Crippen molar-refractivity contribution in [2.24, 2.45) is 11.7 Å². The molecule has 0 atom stereocenters. The Kier molecular flexibility index (Phi) is 4.40. The van der Waals surface area contributed by atoms with Gasteiger partial charge in [-0.25, -0.2) is 9.67 Å². The normalized spacial score (nSPS) is 12.1. The first kappa shape index (κ1) is 13.8. The summed E-state index contributed by atoms with van der Waals surface area (Å²) in [6.07, 6.45) is 2.17. The average molecular weight is 238 g/mol. The predicted molar refractivity (Wildman–Crippen MR) is 66.5 cm³/mol. The maximum Gasteiger partial charge on any atom is 0.142 e. The molecule has 1 aromatic heterocycles. The van der Waals surface area contributed by atoms with Crippen molar-refractivity contribution in [1.29, 1.82) is 0 Å². The van der Waals surface area contributed by atoms with Gasteiger partial charge in [0, 0.05) is 18.5 Å². The topological polar surface area (TPSA) is 73.8 Å². The first-order valence-electron chi connectivity index (χ1n) is 5.95. The zero-order valence-electron chi connectivity index (χ0n) is 11.1. The molecule has 1 aromatic rings. The van der Waals surface area contributed by atoms with Crippen molar-refractivity contribution in [3.05, 3.63) is 12.2 Å². The summed E-state index contributed by atoms with van der Waals surface area (Å²) in [4.78, 5) is 15.9. The van der Waals surface area contributed by atoms with Crippen LogP contribution in [0.1, 0.15) is 39.9 Å². The third kappa shape index (κ3) is 5.08. The third-order valence-electron chi connectivity index (χ3n) is 2.24. The van der Waals surface area contributed by atoms with E-state index in [1.807, 2.05) is 13.8 Å². The monoisotopic (exact) mass is 238 g/mol. The van der Waals surface area contributed by atoms with Gasteiger partial charge in [0.1, 0.15) is 17.9 Å². The highest BCUT2D eigenvalue weighted by molar-refractivity contribution is 5.81. The van der Waals surface area contributed by atoms with Crippen LogP contribution < -0.4 is 5.73 Å². The number of nitrogens with two attached hydrogens (primary N) is 1. The molecule has 2 N–H and O–H groups in total. The molecule has 0 aliphatic rings. The van der Waals surface area contributed by atoms with E-state index < -0.39 is 5.54 Å². The predicted octanol–water partition coefficient (Wildman–Crippen LogP) is 1.17. The molecule has 0 saturated carbocycles. The van der Waals surface area contributed by atoms with Crippen molar-refractivity contribution >= 4 is 5.78 Å². The van der Waals surface area contributed by atoms with E-state index in [1.54, 1.807) is 4.68 Å². The van der Waals surface area contributed by atoms with E-state index in [4.69, 9.17) is 5.73 Å². The Morgan fingerprint density at radius 1 is 1.53 bits per heavy atom. The minimum Gasteiger partial charge on any atom is -0.325 e. The third-order valence-corrected chi connectivity index (χ3v) is 2.24. The maximum absolute atomic E-state index is 11.8. The molecule has 1 heterocycles. The summed E-state index contributed by atoms with van der Waals surface area (Å²) in [5.41, 5.74) is 5.36. The highest BCUT2D eigenvalue weighted by Crippen LogP contribution is 2.08. The number of nitrogens with zero attached hydrogens (tertiary/aromatic N) is 3. The van der Waals surface area contributed by atoms with Crippen LogP contribution >= 0.6 is 0 Å². The van der Waals surface area contributed by atoms with E-state index in [-0.39, 0.29) is 5.78 Å². The van der Waals surface area contributed by atoms with Gasteiger partial charge >= 0.3 is 0 Å². The van der Waals surface area contributed by atoms with Crippen LogP contribution in [0.5, 0.6) is 0 Å². The number of Topliss-reactive ketones (excluding diaryl/α,β-unsaturated/α-hetero) is 1. The molecular formula is C12H22N4O. The van der Waals surface area contributed by atoms with E-state index >= 15 is 0 Å². The fraction of sp³-hybridized carbons (Fsp3) is 0.750. The smallest absolute Gasteiger partial charge is 0.142 e. The van der Waals surface area contributed by atoms with E-state index in [1.165, 1.54) is 6.33 Å². The molecule has 96 valence electrons. The fourth-order valence-corrected chi connectivity index (χ4v) is 1.67. The van der Waals surface area contributed by atoms with Crippen molar-refractivity contribution in [3.63, 3.8) is 0 Å². The quantitative estimate of drug-likeness (QED) is 0.807. The lowest BCUT2D eigenvalue weighted by molar-refractivity contribution is -0.119. The first-order valence-corrected chi connectivity index (χ1v) is 5.95. The minimum atomic E-state index is -0.458. The molecule has 0 radical (unpaired) electrons. The lowest BCUT2D eigenvalue weighted by atomic mass is 9.98. The zero-order chi connectivity index (χ0) is 13.1. The van der Waals surface area contributed by atoms with Gasteiger partial charge in [-0.2, -0.15) is 5.10 Å². The van der Waals surface area contributed by atoms with Gasteiger partial charge in [-0.3, -0.25) is 4.79 Å². The summed E-state index contributed by atoms with van der Waals surface area (Å²) < 4.78 is 1.80. The van der Waals surface area contributed by atoms with Crippen molar-refractivity contribution in [2.75, 3.05) is 0 Å². The van der Waals surface area contributed by atoms with E-state index in [0.717, 1.165) is 12.4 Å². The Hall–Kier alpha value is -1.23. The van der Waals surface area contributed by atoms with Crippen LogP contribution in [0, 0.1) is 5.92 Å². The fourth-order valence-electron chi connectivity index (χ4n) is 1.67. The molecule has 0 fully saturated rings. The Balaban J connectivity index is 2.62. The number of ketones is 1. The largest absolute Gasteiger partial charge is 0.325 e. The molecule has 0 amide bonds. The second-order valence-corrected chi connectivity index (χ2v) is 5.63. The summed E-state index contributed by atoms with van der Waals surface area (Å²) in [5.74, 6) is 1.32. The molecule has 17 heavy (non-hydrogen) atoms. The van der Waals surface area contributed by atoms with Crippen molar-refractivity contribution in [2.45, 2.75) is 52.6 Å². The van der Waals surface area contributed by atoms with E-state index in [9.17, 15) is 4.79 Å². The second kappa shape index (κ2) is 5.40. The van der Waals surface area contributed by atoms with Gasteiger partial charge in [-0.05, 0) is 19.8 Å². The molecular weight excluding hydrogens is 216 g/mol. The van der Waals surface area contributed by atoms with Gasteiger partial charge in [-0.1, -0.05) is 13.8 Å². The Morgan fingerprint density at radius 3 is 2.71 bits per heavy atom. The number of rotatable bonds is 6. The van der Waals surface area contributed by atoms with Crippen LogP contribution in [-0.2, 0) is 17.8 Å². The van der Waals surface area contributed by atoms with Gasteiger partial charge in [0.15, 0.2) is 0 Å². The van der Waals surface area contributed by atoms with E-state index in [0.29, 0.717) is 18.8 Å². The SMILES string of the molecule is CC(C)Cn1ncnc1CC(=O)CC(C)(C)N. The summed E-state index contributed by atoms with van der Waals surface area (Å²) in [5, 5.41) is 4.13. The van der Waals surface area contributed by atoms with Crippen LogP contribution in [0.25, 0.3) is 0 Å². The Bertz CT molecular complexity index is 376. The van der Waals surface area contributed by atoms with Crippen LogP contribution in [0.2, 0.25) is 0 Å². The molecule has 1 rings (SSSR count). The van der Waals surface area contributed by atoms with Crippen LogP contribution in [0.4, 0.5) is 0 Å². The lowest BCUT2D eigenvalue weighted by Gasteiger charge is -2.17. The summed E-state index contributed by atoms with van der Waals surface area (Å²) >= 11 is 0. The van der Waals surface area contributed by atoms with Gasteiger partial charge in [0.25, 0.3) is 0 Å². The number of aromatic nitrogens is 3. The molecule has 0 saturated heterocycles. The zero-order valence-corrected chi connectivity index (χ0v) is 11.1. The van der Waals surface area contributed by atoms with Crippen molar-refractivity contribution in [3.8, 4) is 0 Å². The van der Waals surface area contributed by atoms with Crippen molar-refractivity contribution < 1.29 is 4.79 Å². The highest BCUT2D eigenvalue weighted by atomic mass is 16.1. The van der Waals surface area contributed by atoms with Gasteiger partial charge < -0.3 is 5.73 Å². The van der Waals surface area contributed by atoms with Crippen LogP contribution in [0.15, 0.2) is 6.33 Å². The molecule has 0 aliphatic heterocycles. The number of carbonyl (C=O) groups excluding carboxylic acids is 1. The number of hydrogen-bond acceptors (Lipinski definition) is 4. The Labute approximate surface area is 102 Å². The molecule has 0 unspecified atom stereocenters. The maximum atomic E-state index is 11.8. The Morgan fingerprint density at radius 2 is 2.18 bits per heavy atom. The molecule has 5 nitrogen and oxygen atoms in total. The summed E-state index contributed by atoms with van der Waals surface area (Å²) in [6, 6.07) is 0. The number of carbonyl (C=O) groups is 1. The molecule has 5 heteroatoms. The van der Waals surface area contributed by atoms with Gasteiger partial charge in [0.05, 0.1) is 6.42 Å². The standard InChI is InChI=1S/C12H22N4O/c1-9(2)7-16-11(14-8-15-16)5-10(17)6-12(3,4)13/h8-9H,5-7,13H2,1-4H3. The molecule has 0 bridgehead atoms. The van der Waals surface area contributed by atoms with Crippen molar-refractivity contribution in [1.82, 2.24) is 14.8 Å². The first-order chi connectivity index (χ1) is 7.78. The van der Waals surface area contributed by atoms with Gasteiger partial charge in [-0.15, -0.1) is 0 Å². The van der Waals surface area contributed by atoms with Crippen LogP contribution in [0.3, 0.4) is 0 Å². The minimum absolute atomic E-state index is 0.107. The lowest BCUT2D eigenvalue weighted by Crippen LogP contribution is -2.35. The molecule has 0 aliphatic carbocycles. The summed E-state index contributed by atoms with van der Waals surface area (Å²) in [6.45, 7) is 8.70. The highest BCUT2D eigenvalue weighted by Gasteiger charge is 2.18. The van der Waals surface area contributed by atoms with Crippen LogP contribution in [-0.4, -0.2) is 26.1 Å². The molecule has 0 spiro atoms. The average Bonchev–Trinajstić information content (AvgIpc) is 2.47.